The van der Waals surface area contributed by atoms with Crippen molar-refractivity contribution in [2.75, 3.05) is 0 Å². The Balaban J connectivity index is 0.000000861. The van der Waals surface area contributed by atoms with Gasteiger partial charge in [-0.2, -0.15) is 3.89 Å². The SMILES string of the molecule is CC.CC(=O)c1ccc(C2=CC=C(SF)CC2)cc1. The lowest BCUT2D eigenvalue weighted by molar-refractivity contribution is 0.101. The predicted octanol–water partition coefficient (Wildman–Crippen LogP) is 5.59. The van der Waals surface area contributed by atoms with E-state index in [0.717, 1.165) is 28.9 Å². The van der Waals surface area contributed by atoms with E-state index < -0.39 is 0 Å². The summed E-state index contributed by atoms with van der Waals surface area (Å²) in [7, 11) is 0. The standard InChI is InChI=1S/C14H13FOS.C2H6/c1-10(16)11-2-4-12(5-3-11)13-6-8-14(17-15)9-7-13;1-2/h2-6,8H,7,9H2,1H3;1-2H3. The van der Waals surface area contributed by atoms with Crippen molar-refractivity contribution in [3.63, 3.8) is 0 Å². The number of benzene rings is 1. The fourth-order valence-electron chi connectivity index (χ4n) is 1.84. The fraction of sp³-hybridized carbons (Fsp3) is 0.312. The van der Waals surface area contributed by atoms with Crippen LogP contribution in [0.2, 0.25) is 0 Å². The van der Waals surface area contributed by atoms with Gasteiger partial charge in [0, 0.05) is 10.5 Å². The Hall–Kier alpha value is -1.35. The molecule has 0 radical (unpaired) electrons. The fourth-order valence-corrected chi connectivity index (χ4v) is 2.14. The topological polar surface area (TPSA) is 17.1 Å². The molecule has 0 N–H and O–H groups in total. The molecule has 1 aliphatic rings. The highest BCUT2D eigenvalue weighted by atomic mass is 32.2. The van der Waals surface area contributed by atoms with E-state index in [1.165, 1.54) is 5.57 Å². The number of rotatable bonds is 3. The molecule has 1 aliphatic carbocycles. The molecule has 0 fully saturated rings. The zero-order valence-corrected chi connectivity index (χ0v) is 12.4. The van der Waals surface area contributed by atoms with Crippen LogP contribution in [-0.2, 0) is 0 Å². The number of hydrogen-bond acceptors (Lipinski definition) is 2. The van der Waals surface area contributed by atoms with Gasteiger partial charge in [0.05, 0.1) is 12.1 Å². The molecule has 0 saturated heterocycles. The second-order valence-corrected chi connectivity index (χ2v) is 4.71. The summed E-state index contributed by atoms with van der Waals surface area (Å²) < 4.78 is 12.3. The van der Waals surface area contributed by atoms with E-state index >= 15 is 0 Å². The highest BCUT2D eigenvalue weighted by Gasteiger charge is 2.09. The molecule has 1 aromatic carbocycles. The molecule has 0 saturated carbocycles. The molecule has 102 valence electrons. The Morgan fingerprint density at radius 2 is 1.74 bits per heavy atom. The van der Waals surface area contributed by atoms with Gasteiger partial charge in [-0.15, -0.1) is 0 Å². The van der Waals surface area contributed by atoms with Crippen LogP contribution in [0.5, 0.6) is 0 Å². The quantitative estimate of drug-likeness (QED) is 0.670. The number of halogens is 1. The lowest BCUT2D eigenvalue weighted by Gasteiger charge is -2.12. The summed E-state index contributed by atoms with van der Waals surface area (Å²) in [6, 6.07) is 7.57. The Kier molecular flexibility index (Phi) is 6.57. The molecule has 19 heavy (non-hydrogen) atoms. The Labute approximate surface area is 118 Å². The summed E-state index contributed by atoms with van der Waals surface area (Å²) in [6.07, 6.45) is 5.38. The van der Waals surface area contributed by atoms with Crippen molar-refractivity contribution in [2.24, 2.45) is 0 Å². The summed E-state index contributed by atoms with van der Waals surface area (Å²) in [5, 5.41) is 0. The summed E-state index contributed by atoms with van der Waals surface area (Å²) in [5.41, 5.74) is 3.02. The van der Waals surface area contributed by atoms with E-state index in [9.17, 15) is 8.68 Å². The average molecular weight is 278 g/mol. The smallest absolute Gasteiger partial charge is 0.159 e. The minimum absolute atomic E-state index is 0.0742. The largest absolute Gasteiger partial charge is 0.295 e. The number of ketones is 1. The maximum atomic E-state index is 12.3. The van der Waals surface area contributed by atoms with Crippen molar-refractivity contribution in [3.05, 3.63) is 52.4 Å². The van der Waals surface area contributed by atoms with Gasteiger partial charge in [-0.05, 0) is 37.0 Å². The van der Waals surface area contributed by atoms with Crippen LogP contribution < -0.4 is 0 Å². The molecule has 2 rings (SSSR count). The minimum atomic E-state index is 0.0742. The van der Waals surface area contributed by atoms with Crippen LogP contribution in [0, 0.1) is 0 Å². The lowest BCUT2D eigenvalue weighted by Crippen LogP contribution is -1.94. The monoisotopic (exact) mass is 278 g/mol. The van der Waals surface area contributed by atoms with Crippen molar-refractivity contribution in [1.29, 1.82) is 0 Å². The first-order valence-corrected chi connectivity index (χ1v) is 7.22. The summed E-state index contributed by atoms with van der Waals surface area (Å²) in [5.74, 6) is 0.0742. The summed E-state index contributed by atoms with van der Waals surface area (Å²) in [4.78, 5) is 11.9. The second kappa shape index (κ2) is 7.95. The maximum absolute atomic E-state index is 12.3. The number of Topliss-reactive ketones (excluding diaryl/α,β-unsaturated/α-hetero) is 1. The Morgan fingerprint density at radius 1 is 1.11 bits per heavy atom. The van der Waals surface area contributed by atoms with Gasteiger partial charge in [0.1, 0.15) is 0 Å². The van der Waals surface area contributed by atoms with Gasteiger partial charge in [0.25, 0.3) is 0 Å². The normalized spacial score (nSPS) is 13.9. The zero-order chi connectivity index (χ0) is 14.3. The van der Waals surface area contributed by atoms with Gasteiger partial charge < -0.3 is 0 Å². The third-order valence-electron chi connectivity index (χ3n) is 2.87. The number of carbonyl (C=O) groups excluding carboxylic acids is 1. The molecular formula is C16H19FOS. The third-order valence-corrected chi connectivity index (χ3v) is 3.41. The molecule has 1 nitrogen and oxygen atoms in total. The highest BCUT2D eigenvalue weighted by molar-refractivity contribution is 7.98. The number of allylic oxidation sites excluding steroid dienone is 4. The highest BCUT2D eigenvalue weighted by Crippen LogP contribution is 2.32. The molecule has 3 heteroatoms. The van der Waals surface area contributed by atoms with E-state index in [1.807, 2.05) is 50.3 Å². The van der Waals surface area contributed by atoms with E-state index in [4.69, 9.17) is 0 Å². The first kappa shape index (κ1) is 15.7. The van der Waals surface area contributed by atoms with Crippen LogP contribution in [0.3, 0.4) is 0 Å². The van der Waals surface area contributed by atoms with Crippen LogP contribution in [0.15, 0.2) is 41.3 Å². The van der Waals surface area contributed by atoms with Crippen LogP contribution in [-0.4, -0.2) is 5.78 Å². The first-order chi connectivity index (χ1) is 9.20. The van der Waals surface area contributed by atoms with E-state index in [1.54, 1.807) is 6.92 Å². The molecular weight excluding hydrogens is 259 g/mol. The van der Waals surface area contributed by atoms with E-state index in [-0.39, 0.29) is 5.78 Å². The Bertz CT molecular complexity index is 486. The van der Waals surface area contributed by atoms with Crippen molar-refractivity contribution >= 4 is 23.5 Å². The van der Waals surface area contributed by atoms with Crippen LogP contribution in [0.25, 0.3) is 5.57 Å². The molecule has 0 amide bonds. The van der Waals surface area contributed by atoms with Crippen molar-refractivity contribution < 1.29 is 8.68 Å². The van der Waals surface area contributed by atoms with Gasteiger partial charge >= 0.3 is 0 Å². The molecule has 0 atom stereocenters. The van der Waals surface area contributed by atoms with Gasteiger partial charge in [-0.25, -0.2) is 0 Å². The molecule has 0 heterocycles. The summed E-state index contributed by atoms with van der Waals surface area (Å²) >= 11 is 0.321. The molecule has 0 aliphatic heterocycles. The predicted molar refractivity (Wildman–Crippen MR) is 81.8 cm³/mol. The van der Waals surface area contributed by atoms with Crippen LogP contribution in [0.4, 0.5) is 3.89 Å². The number of carbonyl (C=O) groups is 1. The zero-order valence-electron chi connectivity index (χ0n) is 11.6. The van der Waals surface area contributed by atoms with Gasteiger partial charge in [0.15, 0.2) is 5.78 Å². The second-order valence-electron chi connectivity index (χ2n) is 4.04. The minimum Gasteiger partial charge on any atom is -0.295 e. The third kappa shape index (κ3) is 4.35. The maximum Gasteiger partial charge on any atom is 0.159 e. The molecule has 1 aromatic rings. The van der Waals surface area contributed by atoms with Gasteiger partial charge in [-0.3, -0.25) is 4.79 Å². The van der Waals surface area contributed by atoms with Crippen LogP contribution >= 0.6 is 12.1 Å². The van der Waals surface area contributed by atoms with Crippen LogP contribution in [0.1, 0.15) is 49.5 Å². The van der Waals surface area contributed by atoms with E-state index in [0.29, 0.717) is 12.1 Å². The molecule has 0 aromatic heterocycles. The average Bonchev–Trinajstić information content (AvgIpc) is 2.49. The summed E-state index contributed by atoms with van der Waals surface area (Å²) in [6.45, 7) is 5.56. The molecule has 0 unspecified atom stereocenters. The van der Waals surface area contributed by atoms with Crippen molar-refractivity contribution in [3.8, 4) is 0 Å². The van der Waals surface area contributed by atoms with Gasteiger partial charge in [0.2, 0.25) is 0 Å². The molecule has 0 spiro atoms. The number of hydrogen-bond donors (Lipinski definition) is 0. The van der Waals surface area contributed by atoms with Crippen molar-refractivity contribution in [1.82, 2.24) is 0 Å². The first-order valence-electron chi connectivity index (χ1n) is 6.50. The molecule has 0 bridgehead atoms. The Morgan fingerprint density at radius 3 is 2.16 bits per heavy atom. The van der Waals surface area contributed by atoms with Gasteiger partial charge in [-0.1, -0.05) is 44.2 Å². The lowest BCUT2D eigenvalue weighted by atomic mass is 9.96. The van der Waals surface area contributed by atoms with E-state index in [2.05, 4.69) is 0 Å². The van der Waals surface area contributed by atoms with Crippen molar-refractivity contribution in [2.45, 2.75) is 33.6 Å².